The van der Waals surface area contributed by atoms with Gasteiger partial charge in [0.25, 0.3) is 5.91 Å². The van der Waals surface area contributed by atoms with Crippen molar-refractivity contribution in [3.05, 3.63) is 58.7 Å². The Kier molecular flexibility index (Phi) is 4.22. The summed E-state index contributed by atoms with van der Waals surface area (Å²) in [6.45, 7) is 1.67. The van der Waals surface area contributed by atoms with E-state index in [0.29, 0.717) is 28.8 Å². The first-order valence-corrected chi connectivity index (χ1v) is 12.8. The van der Waals surface area contributed by atoms with Gasteiger partial charge in [0.1, 0.15) is 6.23 Å². The van der Waals surface area contributed by atoms with Crippen LogP contribution in [0.1, 0.15) is 46.6 Å². The standard InChI is InChI=1S/C29H25N3O7/c1-28-29(37,27(36)38-2)9-20(39-28)31-18-5-3-13(11-33)7-15(18)22-23-17(10-30-26(23)35)21-16-8-14(12-34)4-6-19(16)32(28)25(21)24(22)31/h3-8,20,33-34,37H,9-12H2,1-2H3,(H,30,35)/t20?,28-,29-/m0/s1. The van der Waals surface area contributed by atoms with Gasteiger partial charge in [0.15, 0.2) is 5.72 Å². The van der Waals surface area contributed by atoms with Gasteiger partial charge >= 0.3 is 5.97 Å². The van der Waals surface area contributed by atoms with Gasteiger partial charge in [-0.05, 0) is 47.9 Å². The average molecular weight is 528 g/mol. The van der Waals surface area contributed by atoms with Crippen LogP contribution in [0.25, 0.3) is 43.6 Å². The van der Waals surface area contributed by atoms with Gasteiger partial charge in [-0.3, -0.25) is 4.79 Å². The molecule has 4 N–H and O–H groups in total. The largest absolute Gasteiger partial charge is 0.467 e. The molecule has 2 aromatic heterocycles. The molecular formula is C29H25N3O7. The summed E-state index contributed by atoms with van der Waals surface area (Å²) in [4.78, 5) is 26.7. The first-order valence-electron chi connectivity index (χ1n) is 12.8. The second-order valence-corrected chi connectivity index (χ2v) is 10.8. The van der Waals surface area contributed by atoms with Crippen molar-refractivity contribution in [2.24, 2.45) is 0 Å². The van der Waals surface area contributed by atoms with E-state index in [1.165, 1.54) is 7.11 Å². The zero-order chi connectivity index (χ0) is 27.0. The molecule has 0 saturated carbocycles. The lowest BCUT2D eigenvalue weighted by atomic mass is 9.88. The molecule has 198 valence electrons. The van der Waals surface area contributed by atoms with Crippen LogP contribution >= 0.6 is 0 Å². The summed E-state index contributed by atoms with van der Waals surface area (Å²) in [5.74, 6) is -0.988. The summed E-state index contributed by atoms with van der Waals surface area (Å²) in [7, 11) is 1.24. The Hall–Kier alpha value is -3.96. The van der Waals surface area contributed by atoms with Crippen molar-refractivity contribution in [2.45, 2.75) is 50.7 Å². The molecule has 1 fully saturated rings. The van der Waals surface area contributed by atoms with Gasteiger partial charge in [-0.25, -0.2) is 4.79 Å². The zero-order valence-electron chi connectivity index (χ0n) is 21.2. The van der Waals surface area contributed by atoms with Gasteiger partial charge in [-0.2, -0.15) is 0 Å². The number of hydrogen-bond donors (Lipinski definition) is 4. The van der Waals surface area contributed by atoms with Gasteiger partial charge in [-0.15, -0.1) is 0 Å². The molecule has 8 rings (SSSR count). The third-order valence-electron chi connectivity index (χ3n) is 9.04. The number of ether oxygens (including phenoxy) is 2. The van der Waals surface area contributed by atoms with E-state index in [9.17, 15) is 24.9 Å². The second kappa shape index (κ2) is 7.16. The molecule has 5 heterocycles. The van der Waals surface area contributed by atoms with Gasteiger partial charge in [-0.1, -0.05) is 12.1 Å². The molecule has 5 aromatic rings. The topological polar surface area (TPSA) is 135 Å². The predicted molar refractivity (Wildman–Crippen MR) is 141 cm³/mol. The number of amides is 1. The fraction of sp³-hybridized carbons (Fsp3) is 0.310. The van der Waals surface area contributed by atoms with Crippen LogP contribution in [0.3, 0.4) is 0 Å². The number of nitrogens with one attached hydrogen (secondary N) is 1. The molecule has 0 radical (unpaired) electrons. The van der Waals surface area contributed by atoms with E-state index in [1.54, 1.807) is 13.0 Å². The minimum absolute atomic E-state index is 0.0740. The molecule has 3 aromatic carbocycles. The van der Waals surface area contributed by atoms with Crippen molar-refractivity contribution >= 4 is 55.5 Å². The predicted octanol–water partition coefficient (Wildman–Crippen LogP) is 2.64. The number of nitrogens with zero attached hydrogens (tertiary/aromatic N) is 2. The number of carbonyl (C=O) groups excluding carboxylic acids is 2. The number of benzene rings is 3. The lowest BCUT2D eigenvalue weighted by Crippen LogP contribution is -2.56. The van der Waals surface area contributed by atoms with E-state index in [-0.39, 0.29) is 25.5 Å². The van der Waals surface area contributed by atoms with Crippen molar-refractivity contribution in [1.29, 1.82) is 0 Å². The molecule has 3 aliphatic heterocycles. The van der Waals surface area contributed by atoms with Crippen molar-refractivity contribution in [3.63, 3.8) is 0 Å². The highest BCUT2D eigenvalue weighted by Gasteiger charge is 2.65. The second-order valence-electron chi connectivity index (χ2n) is 10.8. The maximum Gasteiger partial charge on any atom is 0.343 e. The van der Waals surface area contributed by atoms with Crippen LogP contribution in [0.5, 0.6) is 0 Å². The third kappa shape index (κ3) is 2.43. The maximum atomic E-state index is 13.4. The highest BCUT2D eigenvalue weighted by atomic mass is 16.6. The highest BCUT2D eigenvalue weighted by molar-refractivity contribution is 6.31. The van der Waals surface area contributed by atoms with Crippen molar-refractivity contribution in [2.75, 3.05) is 7.11 Å². The number of fused-ring (bicyclic) bond motifs is 13. The Morgan fingerprint density at radius 1 is 1.08 bits per heavy atom. The minimum atomic E-state index is -2.03. The van der Waals surface area contributed by atoms with Crippen LogP contribution < -0.4 is 5.32 Å². The number of aromatic nitrogens is 2. The van der Waals surface area contributed by atoms with Crippen LogP contribution in [0.15, 0.2) is 36.4 Å². The van der Waals surface area contributed by atoms with Crippen molar-refractivity contribution < 1.29 is 34.4 Å². The molecule has 39 heavy (non-hydrogen) atoms. The number of hydrogen-bond acceptors (Lipinski definition) is 7. The van der Waals surface area contributed by atoms with E-state index < -0.39 is 23.5 Å². The van der Waals surface area contributed by atoms with Crippen LogP contribution in [-0.4, -0.2) is 49.0 Å². The molecule has 0 aliphatic carbocycles. The number of esters is 1. The normalized spacial score (nSPS) is 25.3. The summed E-state index contributed by atoms with van der Waals surface area (Å²) >= 11 is 0. The Labute approximate surface area is 220 Å². The number of carbonyl (C=O) groups is 2. The van der Waals surface area contributed by atoms with Gasteiger partial charge < -0.3 is 39.2 Å². The number of aliphatic hydroxyl groups excluding tert-OH is 2. The molecule has 3 aliphatic rings. The Bertz CT molecular complexity index is 1970. The molecule has 3 atom stereocenters. The van der Waals surface area contributed by atoms with Crippen LogP contribution in [0.2, 0.25) is 0 Å². The third-order valence-corrected chi connectivity index (χ3v) is 9.04. The molecule has 1 amide bonds. The van der Waals surface area contributed by atoms with Crippen molar-refractivity contribution in [3.8, 4) is 0 Å². The summed E-state index contributed by atoms with van der Waals surface area (Å²) in [5, 5.41) is 38.1. The lowest BCUT2D eigenvalue weighted by Gasteiger charge is -2.37. The molecule has 10 nitrogen and oxygen atoms in total. The number of aliphatic hydroxyl groups is 3. The number of methoxy groups -OCH3 is 1. The minimum Gasteiger partial charge on any atom is -0.467 e. The van der Waals surface area contributed by atoms with E-state index >= 15 is 0 Å². The molecule has 2 bridgehead atoms. The zero-order valence-corrected chi connectivity index (χ0v) is 21.2. The first kappa shape index (κ1) is 23.0. The molecule has 0 spiro atoms. The van der Waals surface area contributed by atoms with Crippen LogP contribution in [0, 0.1) is 0 Å². The van der Waals surface area contributed by atoms with Gasteiger partial charge in [0, 0.05) is 34.5 Å². The summed E-state index contributed by atoms with van der Waals surface area (Å²) in [5.41, 5.74) is 2.10. The van der Waals surface area contributed by atoms with Crippen molar-refractivity contribution in [1.82, 2.24) is 14.5 Å². The van der Waals surface area contributed by atoms with E-state index in [2.05, 4.69) is 5.32 Å². The fourth-order valence-electron chi connectivity index (χ4n) is 7.28. The molecular weight excluding hydrogens is 502 g/mol. The monoisotopic (exact) mass is 527 g/mol. The summed E-state index contributed by atoms with van der Waals surface area (Å²) in [6.07, 6.45) is -0.827. The summed E-state index contributed by atoms with van der Waals surface area (Å²) in [6, 6.07) is 11.1. The van der Waals surface area contributed by atoms with Gasteiger partial charge in [0.05, 0.1) is 48.0 Å². The molecule has 1 unspecified atom stereocenters. The van der Waals surface area contributed by atoms with Gasteiger partial charge in [0.2, 0.25) is 5.60 Å². The maximum absolute atomic E-state index is 13.4. The average Bonchev–Trinajstić information content (AvgIpc) is 3.64. The number of rotatable bonds is 3. The highest BCUT2D eigenvalue weighted by Crippen LogP contribution is 2.57. The quantitative estimate of drug-likeness (QED) is 0.265. The van der Waals surface area contributed by atoms with Crippen LogP contribution in [0.4, 0.5) is 0 Å². The SMILES string of the molecule is COC(=O)[C@@]1(O)CC2O[C@]1(C)n1c3ccc(CO)cc3c3c4c(c5c6cc(CO)ccc6n2c5c31)C(=O)NC4. The van der Waals surface area contributed by atoms with E-state index in [0.717, 1.165) is 43.7 Å². The Balaban J connectivity index is 1.70. The molecule has 1 saturated heterocycles. The smallest absolute Gasteiger partial charge is 0.343 e. The Morgan fingerprint density at radius 2 is 1.74 bits per heavy atom. The molecule has 10 heteroatoms. The summed E-state index contributed by atoms with van der Waals surface area (Å²) < 4.78 is 15.6. The van der Waals surface area contributed by atoms with Crippen LogP contribution in [-0.2, 0) is 39.8 Å². The lowest BCUT2D eigenvalue weighted by molar-refractivity contribution is -0.202. The first-order chi connectivity index (χ1) is 18.8. The van der Waals surface area contributed by atoms with E-state index in [1.807, 2.05) is 39.5 Å². The van der Waals surface area contributed by atoms with E-state index in [4.69, 9.17) is 9.47 Å². The Morgan fingerprint density at radius 3 is 2.41 bits per heavy atom. The fourth-order valence-corrected chi connectivity index (χ4v) is 7.28.